The lowest BCUT2D eigenvalue weighted by atomic mass is 9.92. The predicted molar refractivity (Wildman–Crippen MR) is 114 cm³/mol. The van der Waals surface area contributed by atoms with E-state index >= 15 is 0 Å². The highest BCUT2D eigenvalue weighted by Gasteiger charge is 2.20. The van der Waals surface area contributed by atoms with E-state index in [-0.39, 0.29) is 12.5 Å². The highest BCUT2D eigenvalue weighted by atomic mass is 16.5. The zero-order valence-corrected chi connectivity index (χ0v) is 17.5. The molecule has 30 heavy (non-hydrogen) atoms. The Labute approximate surface area is 176 Å². The number of ether oxygens (including phenoxy) is 1. The van der Waals surface area contributed by atoms with E-state index in [0.717, 1.165) is 24.2 Å². The molecular formula is C24H27N3O3. The summed E-state index contributed by atoms with van der Waals surface area (Å²) in [6.07, 6.45) is 4.67. The third kappa shape index (κ3) is 4.70. The van der Waals surface area contributed by atoms with Gasteiger partial charge in [0.15, 0.2) is 6.10 Å². The van der Waals surface area contributed by atoms with Crippen LogP contribution in [0, 0.1) is 6.92 Å². The van der Waals surface area contributed by atoms with Crippen molar-refractivity contribution < 1.29 is 14.1 Å². The maximum Gasteiger partial charge on any atom is 0.261 e. The van der Waals surface area contributed by atoms with Crippen molar-refractivity contribution in [2.24, 2.45) is 0 Å². The SMILES string of the molecule is CCC(Oc1ccc2c(c1)CCCC2)C(=O)NCc1nc(-c2ccc(C)cc2)no1. The predicted octanol–water partition coefficient (Wildman–Crippen LogP) is 4.40. The summed E-state index contributed by atoms with van der Waals surface area (Å²) >= 11 is 0. The molecular weight excluding hydrogens is 378 g/mol. The summed E-state index contributed by atoms with van der Waals surface area (Å²) in [7, 11) is 0. The number of hydrogen-bond acceptors (Lipinski definition) is 5. The molecule has 1 aromatic heterocycles. The maximum absolute atomic E-state index is 12.6. The lowest BCUT2D eigenvalue weighted by Gasteiger charge is -2.20. The Bertz CT molecular complexity index is 1010. The van der Waals surface area contributed by atoms with Crippen molar-refractivity contribution in [1.29, 1.82) is 0 Å². The van der Waals surface area contributed by atoms with Crippen LogP contribution in [0.1, 0.15) is 48.8 Å². The van der Waals surface area contributed by atoms with E-state index in [0.29, 0.717) is 18.1 Å². The smallest absolute Gasteiger partial charge is 0.261 e. The number of carbonyl (C=O) groups excluding carboxylic acids is 1. The minimum Gasteiger partial charge on any atom is -0.481 e. The molecule has 1 amide bonds. The fourth-order valence-electron chi connectivity index (χ4n) is 3.69. The molecule has 0 aliphatic heterocycles. The average Bonchev–Trinajstić information content (AvgIpc) is 3.25. The van der Waals surface area contributed by atoms with Crippen molar-refractivity contribution in [1.82, 2.24) is 15.5 Å². The Kier molecular flexibility index (Phi) is 6.12. The number of aryl methyl sites for hydroxylation is 3. The monoisotopic (exact) mass is 405 g/mol. The van der Waals surface area contributed by atoms with E-state index in [1.807, 2.05) is 44.2 Å². The third-order valence-electron chi connectivity index (χ3n) is 5.45. The van der Waals surface area contributed by atoms with E-state index in [2.05, 4.69) is 27.6 Å². The number of nitrogens with one attached hydrogen (secondary N) is 1. The van der Waals surface area contributed by atoms with Gasteiger partial charge in [-0.05, 0) is 62.3 Å². The topological polar surface area (TPSA) is 77.2 Å². The minimum absolute atomic E-state index is 0.168. The Morgan fingerprint density at radius 3 is 2.67 bits per heavy atom. The van der Waals surface area contributed by atoms with Crippen LogP contribution in [0.5, 0.6) is 5.75 Å². The van der Waals surface area contributed by atoms with E-state index in [1.165, 1.54) is 29.5 Å². The van der Waals surface area contributed by atoms with E-state index in [4.69, 9.17) is 9.26 Å². The number of hydrogen-bond donors (Lipinski definition) is 1. The van der Waals surface area contributed by atoms with Gasteiger partial charge in [-0.15, -0.1) is 0 Å². The molecule has 0 saturated carbocycles. The molecule has 1 heterocycles. The summed E-state index contributed by atoms with van der Waals surface area (Å²) in [5.41, 5.74) is 4.78. The van der Waals surface area contributed by atoms with Crippen LogP contribution in [-0.4, -0.2) is 22.2 Å². The van der Waals surface area contributed by atoms with E-state index in [9.17, 15) is 4.79 Å². The molecule has 2 aromatic carbocycles. The zero-order valence-electron chi connectivity index (χ0n) is 17.5. The van der Waals surface area contributed by atoms with Gasteiger partial charge in [-0.25, -0.2) is 0 Å². The van der Waals surface area contributed by atoms with Crippen LogP contribution in [0.4, 0.5) is 0 Å². The number of amides is 1. The standard InChI is InChI=1S/C24H27N3O3/c1-3-21(29-20-13-12-17-6-4-5-7-19(17)14-20)24(28)25-15-22-26-23(27-30-22)18-10-8-16(2)9-11-18/h8-14,21H,3-7,15H2,1-2H3,(H,25,28). The lowest BCUT2D eigenvalue weighted by Crippen LogP contribution is -2.37. The first kappa shape index (κ1) is 20.1. The molecule has 0 saturated heterocycles. The first-order valence-electron chi connectivity index (χ1n) is 10.6. The molecule has 1 unspecified atom stereocenters. The molecule has 6 heteroatoms. The van der Waals surface area contributed by atoms with Crippen LogP contribution in [0.2, 0.25) is 0 Å². The number of benzene rings is 2. The van der Waals surface area contributed by atoms with Gasteiger partial charge >= 0.3 is 0 Å². The largest absolute Gasteiger partial charge is 0.481 e. The molecule has 3 aromatic rings. The number of fused-ring (bicyclic) bond motifs is 1. The second kappa shape index (κ2) is 9.11. The van der Waals surface area contributed by atoms with Gasteiger partial charge in [0.2, 0.25) is 11.7 Å². The number of rotatable bonds is 7. The highest BCUT2D eigenvalue weighted by Crippen LogP contribution is 2.26. The molecule has 0 fully saturated rings. The van der Waals surface area contributed by atoms with Crippen LogP contribution >= 0.6 is 0 Å². The summed E-state index contributed by atoms with van der Waals surface area (Å²) in [5, 5.41) is 6.85. The average molecular weight is 405 g/mol. The maximum atomic E-state index is 12.6. The molecule has 0 radical (unpaired) electrons. The quantitative estimate of drug-likeness (QED) is 0.630. The Morgan fingerprint density at radius 2 is 1.90 bits per heavy atom. The van der Waals surface area contributed by atoms with Crippen molar-refractivity contribution in [2.75, 3.05) is 0 Å². The van der Waals surface area contributed by atoms with Gasteiger partial charge in [0.1, 0.15) is 5.75 Å². The van der Waals surface area contributed by atoms with E-state index in [1.54, 1.807) is 0 Å². The number of nitrogens with zero attached hydrogens (tertiary/aromatic N) is 2. The normalized spacial score (nSPS) is 14.1. The Morgan fingerprint density at radius 1 is 1.13 bits per heavy atom. The molecule has 1 N–H and O–H groups in total. The van der Waals surface area contributed by atoms with Crippen molar-refractivity contribution >= 4 is 5.91 Å². The number of carbonyl (C=O) groups is 1. The molecule has 0 spiro atoms. The van der Waals surface area contributed by atoms with Crippen molar-refractivity contribution in [3.63, 3.8) is 0 Å². The Balaban J connectivity index is 1.35. The molecule has 4 rings (SSSR count). The second-order valence-corrected chi connectivity index (χ2v) is 7.75. The highest BCUT2D eigenvalue weighted by molar-refractivity contribution is 5.81. The molecule has 6 nitrogen and oxygen atoms in total. The van der Waals surface area contributed by atoms with E-state index < -0.39 is 6.10 Å². The van der Waals surface area contributed by atoms with Crippen LogP contribution in [0.15, 0.2) is 47.0 Å². The van der Waals surface area contributed by atoms with Gasteiger partial charge in [0.25, 0.3) is 5.91 Å². The van der Waals surface area contributed by atoms with Crippen LogP contribution in [-0.2, 0) is 24.2 Å². The summed E-state index contributed by atoms with van der Waals surface area (Å²) < 4.78 is 11.3. The number of aromatic nitrogens is 2. The minimum atomic E-state index is -0.564. The van der Waals surface area contributed by atoms with Gasteiger partial charge in [0.05, 0.1) is 6.54 Å². The van der Waals surface area contributed by atoms with Gasteiger partial charge < -0.3 is 14.6 Å². The first-order valence-corrected chi connectivity index (χ1v) is 10.6. The first-order chi connectivity index (χ1) is 14.6. The van der Waals surface area contributed by atoms with Gasteiger partial charge in [-0.1, -0.05) is 48.0 Å². The Hall–Kier alpha value is -3.15. The van der Waals surface area contributed by atoms with Crippen molar-refractivity contribution in [3.8, 4) is 17.1 Å². The van der Waals surface area contributed by atoms with Crippen LogP contribution < -0.4 is 10.1 Å². The summed E-state index contributed by atoms with van der Waals surface area (Å²) in [5.74, 6) is 1.43. The second-order valence-electron chi connectivity index (χ2n) is 7.75. The third-order valence-corrected chi connectivity index (χ3v) is 5.45. The molecule has 0 bridgehead atoms. The zero-order chi connectivity index (χ0) is 20.9. The summed E-state index contributed by atoms with van der Waals surface area (Å²) in [6, 6.07) is 14.1. The molecule has 1 aliphatic carbocycles. The van der Waals surface area contributed by atoms with Crippen molar-refractivity contribution in [3.05, 3.63) is 65.0 Å². The fourth-order valence-corrected chi connectivity index (χ4v) is 3.69. The van der Waals surface area contributed by atoms with Gasteiger partial charge in [0, 0.05) is 5.56 Å². The van der Waals surface area contributed by atoms with Crippen LogP contribution in [0.25, 0.3) is 11.4 Å². The summed E-state index contributed by atoms with van der Waals surface area (Å²) in [6.45, 7) is 4.13. The van der Waals surface area contributed by atoms with Crippen molar-refractivity contribution in [2.45, 2.75) is 58.6 Å². The van der Waals surface area contributed by atoms with Gasteiger partial charge in [-0.2, -0.15) is 4.98 Å². The lowest BCUT2D eigenvalue weighted by molar-refractivity contribution is -0.128. The van der Waals surface area contributed by atoms with Crippen LogP contribution in [0.3, 0.4) is 0 Å². The summed E-state index contributed by atoms with van der Waals surface area (Å²) in [4.78, 5) is 17.0. The van der Waals surface area contributed by atoms with Gasteiger partial charge in [-0.3, -0.25) is 4.79 Å². The molecule has 1 aliphatic rings. The molecule has 156 valence electrons. The fraction of sp³-hybridized carbons (Fsp3) is 0.375. The molecule has 1 atom stereocenters.